The van der Waals surface area contributed by atoms with Crippen LogP contribution in [0.1, 0.15) is 43.1 Å². The van der Waals surface area contributed by atoms with Gasteiger partial charge in [0.05, 0.1) is 23.5 Å². The molecule has 0 aliphatic heterocycles. The van der Waals surface area contributed by atoms with Gasteiger partial charge in [0.15, 0.2) is 18.1 Å². The van der Waals surface area contributed by atoms with E-state index in [9.17, 15) is 14.4 Å². The van der Waals surface area contributed by atoms with E-state index >= 15 is 0 Å². The lowest BCUT2D eigenvalue weighted by molar-refractivity contribution is -0.145. The Morgan fingerprint density at radius 1 is 1.17 bits per heavy atom. The van der Waals surface area contributed by atoms with Gasteiger partial charge in [-0.05, 0) is 83.8 Å². The van der Waals surface area contributed by atoms with Gasteiger partial charge >= 0.3 is 5.97 Å². The van der Waals surface area contributed by atoms with Crippen LogP contribution in [0.25, 0.3) is 0 Å². The van der Waals surface area contributed by atoms with E-state index in [0.717, 1.165) is 0 Å². The Bertz CT molecular complexity index is 1090. The van der Waals surface area contributed by atoms with Crippen molar-refractivity contribution in [3.8, 4) is 11.5 Å². The molecule has 0 aliphatic carbocycles. The van der Waals surface area contributed by atoms with Crippen LogP contribution in [-0.4, -0.2) is 50.4 Å². The van der Waals surface area contributed by atoms with Gasteiger partial charge < -0.3 is 19.5 Å². The van der Waals surface area contributed by atoms with Gasteiger partial charge in [0, 0.05) is 10.6 Å². The van der Waals surface area contributed by atoms with E-state index in [1.165, 1.54) is 13.3 Å². The first-order chi connectivity index (χ1) is 17.1. The molecule has 1 unspecified atom stereocenters. The zero-order chi connectivity index (χ0) is 26.7. The number of methoxy groups -OCH3 is 1. The van der Waals surface area contributed by atoms with Crippen molar-refractivity contribution in [2.75, 3.05) is 20.3 Å². The highest BCUT2D eigenvalue weighted by Gasteiger charge is 2.22. The quantitative estimate of drug-likeness (QED) is 0.158. The number of nitrogens with one attached hydrogen (secondary N) is 2. The molecule has 0 saturated heterocycles. The maximum atomic E-state index is 12.8. The lowest BCUT2D eigenvalue weighted by Gasteiger charge is -2.19. The smallest absolute Gasteiger partial charge is 0.344 e. The number of nitrogens with zero attached hydrogens (tertiary/aromatic N) is 1. The minimum absolute atomic E-state index is 0.156. The second-order valence-corrected chi connectivity index (χ2v) is 9.62. The van der Waals surface area contributed by atoms with Crippen LogP contribution in [0.5, 0.6) is 11.5 Å². The monoisotopic (exact) mass is 629 g/mol. The van der Waals surface area contributed by atoms with Crippen molar-refractivity contribution in [2.24, 2.45) is 11.0 Å². The average molecular weight is 630 g/mol. The standard InChI is InChI=1S/C25H29ClIN3O6/c1-5-35-22(31)14-36-23-19(27)11-16(12-21(23)34-4)13-28-30-25(33)20(10-15(2)3)29-24(32)17-6-8-18(26)9-7-17/h6-9,11-13,15,20H,5,10,14H2,1-4H3,(H,29,32)(H,30,33)/b28-13+. The molecular formula is C25H29ClIN3O6. The molecule has 0 bridgehead atoms. The lowest BCUT2D eigenvalue weighted by atomic mass is 10.0. The molecule has 11 heteroatoms. The Morgan fingerprint density at radius 2 is 1.86 bits per heavy atom. The summed E-state index contributed by atoms with van der Waals surface area (Å²) in [5.41, 5.74) is 3.52. The number of benzene rings is 2. The van der Waals surface area contributed by atoms with Crippen LogP contribution < -0.4 is 20.2 Å². The third kappa shape index (κ3) is 9.30. The van der Waals surface area contributed by atoms with Crippen LogP contribution in [0.2, 0.25) is 5.02 Å². The molecule has 2 N–H and O–H groups in total. The van der Waals surface area contributed by atoms with Gasteiger partial charge in [-0.1, -0.05) is 25.4 Å². The van der Waals surface area contributed by atoms with Crippen molar-refractivity contribution in [1.29, 1.82) is 0 Å². The normalized spacial score (nSPS) is 11.8. The van der Waals surface area contributed by atoms with Gasteiger partial charge in [0.1, 0.15) is 6.04 Å². The molecule has 0 heterocycles. The highest BCUT2D eigenvalue weighted by Crippen LogP contribution is 2.33. The number of halogens is 2. The summed E-state index contributed by atoms with van der Waals surface area (Å²) in [7, 11) is 1.48. The second-order valence-electron chi connectivity index (χ2n) is 8.02. The summed E-state index contributed by atoms with van der Waals surface area (Å²) in [6.07, 6.45) is 1.88. The Kier molecular flexibility index (Phi) is 11.9. The molecule has 0 radical (unpaired) electrons. The molecule has 0 fully saturated rings. The zero-order valence-electron chi connectivity index (χ0n) is 20.5. The first-order valence-electron chi connectivity index (χ1n) is 11.2. The van der Waals surface area contributed by atoms with Crippen molar-refractivity contribution < 1.29 is 28.6 Å². The molecule has 2 aromatic rings. The van der Waals surface area contributed by atoms with E-state index < -0.39 is 17.9 Å². The molecule has 0 saturated carbocycles. The van der Waals surface area contributed by atoms with E-state index in [-0.39, 0.29) is 25.0 Å². The van der Waals surface area contributed by atoms with Crippen LogP contribution in [0, 0.1) is 9.49 Å². The number of rotatable bonds is 12. The van der Waals surface area contributed by atoms with Gasteiger partial charge in [0.2, 0.25) is 0 Å². The fourth-order valence-corrected chi connectivity index (χ4v) is 3.99. The predicted octanol–water partition coefficient (Wildman–Crippen LogP) is 4.19. The first-order valence-corrected chi connectivity index (χ1v) is 12.7. The molecule has 36 heavy (non-hydrogen) atoms. The van der Waals surface area contributed by atoms with Crippen LogP contribution in [0.15, 0.2) is 41.5 Å². The van der Waals surface area contributed by atoms with Gasteiger partial charge in [-0.15, -0.1) is 0 Å². The van der Waals surface area contributed by atoms with Crippen LogP contribution >= 0.6 is 34.2 Å². The summed E-state index contributed by atoms with van der Waals surface area (Å²) in [5.74, 6) is -0.361. The number of hydrazone groups is 1. The zero-order valence-corrected chi connectivity index (χ0v) is 23.4. The number of ether oxygens (including phenoxy) is 3. The van der Waals surface area contributed by atoms with E-state index in [0.29, 0.717) is 37.6 Å². The van der Waals surface area contributed by atoms with Crippen molar-refractivity contribution >= 4 is 58.2 Å². The molecule has 2 aromatic carbocycles. The van der Waals surface area contributed by atoms with Crippen molar-refractivity contribution in [3.63, 3.8) is 0 Å². The summed E-state index contributed by atoms with van der Waals surface area (Å²) in [5, 5.41) is 7.31. The van der Waals surface area contributed by atoms with Crippen LogP contribution in [0.3, 0.4) is 0 Å². The van der Waals surface area contributed by atoms with Gasteiger partial charge in [-0.3, -0.25) is 9.59 Å². The van der Waals surface area contributed by atoms with Gasteiger partial charge in [0.25, 0.3) is 11.8 Å². The topological polar surface area (TPSA) is 115 Å². The molecule has 0 aliphatic rings. The second kappa shape index (κ2) is 14.6. The maximum absolute atomic E-state index is 12.8. The van der Waals surface area contributed by atoms with Crippen molar-refractivity contribution in [2.45, 2.75) is 33.2 Å². The summed E-state index contributed by atoms with van der Waals surface area (Å²) >= 11 is 7.93. The maximum Gasteiger partial charge on any atom is 0.344 e. The van der Waals surface area contributed by atoms with Crippen molar-refractivity contribution in [3.05, 3.63) is 56.1 Å². The van der Waals surface area contributed by atoms with Crippen LogP contribution in [0.4, 0.5) is 0 Å². The Morgan fingerprint density at radius 3 is 2.47 bits per heavy atom. The summed E-state index contributed by atoms with van der Waals surface area (Å²) in [4.78, 5) is 37.0. The third-order valence-corrected chi connectivity index (χ3v) is 5.77. The van der Waals surface area contributed by atoms with Gasteiger partial charge in [-0.25, -0.2) is 10.2 Å². The van der Waals surface area contributed by atoms with Gasteiger partial charge in [-0.2, -0.15) is 5.10 Å². The van der Waals surface area contributed by atoms with Crippen LogP contribution in [-0.2, 0) is 14.3 Å². The number of hydrogen-bond donors (Lipinski definition) is 2. The molecule has 194 valence electrons. The number of carbonyl (C=O) groups excluding carboxylic acids is 3. The highest BCUT2D eigenvalue weighted by molar-refractivity contribution is 14.1. The molecule has 2 amide bonds. The predicted molar refractivity (Wildman–Crippen MR) is 146 cm³/mol. The highest BCUT2D eigenvalue weighted by atomic mass is 127. The van der Waals surface area contributed by atoms with E-state index in [4.69, 9.17) is 25.8 Å². The fraction of sp³-hybridized carbons (Fsp3) is 0.360. The summed E-state index contributed by atoms with van der Waals surface area (Å²) in [6, 6.07) is 9.05. The fourth-order valence-electron chi connectivity index (χ4n) is 3.08. The molecule has 1 atom stereocenters. The lowest BCUT2D eigenvalue weighted by Crippen LogP contribution is -2.46. The van der Waals surface area contributed by atoms with E-state index in [1.54, 1.807) is 43.3 Å². The first kappa shape index (κ1) is 29.4. The Hall–Kier alpha value is -2.86. The minimum Gasteiger partial charge on any atom is -0.493 e. The number of esters is 1. The molecular weight excluding hydrogens is 601 g/mol. The summed E-state index contributed by atoms with van der Waals surface area (Å²) < 4.78 is 16.5. The minimum atomic E-state index is -0.779. The van der Waals surface area contributed by atoms with Crippen molar-refractivity contribution in [1.82, 2.24) is 10.7 Å². The SMILES string of the molecule is CCOC(=O)COc1c(I)cc(/C=N/NC(=O)C(CC(C)C)NC(=O)c2ccc(Cl)cc2)cc1OC. The average Bonchev–Trinajstić information content (AvgIpc) is 2.82. The molecule has 9 nitrogen and oxygen atoms in total. The summed E-state index contributed by atoms with van der Waals surface area (Å²) in [6.45, 7) is 5.65. The van der Waals surface area contributed by atoms with E-state index in [2.05, 4.69) is 38.4 Å². The Labute approximate surface area is 229 Å². The molecule has 0 spiro atoms. The molecule has 0 aromatic heterocycles. The number of hydrogen-bond acceptors (Lipinski definition) is 7. The third-order valence-electron chi connectivity index (χ3n) is 4.72. The molecule has 2 rings (SSSR count). The number of amides is 2. The number of carbonyl (C=O) groups is 3. The largest absolute Gasteiger partial charge is 0.493 e. The van der Waals surface area contributed by atoms with E-state index in [1.807, 2.05) is 13.8 Å². The Balaban J connectivity index is 2.08.